The van der Waals surface area contributed by atoms with Crippen LogP contribution in [0.15, 0.2) is 41.8 Å². The van der Waals surface area contributed by atoms with Crippen molar-refractivity contribution in [3.05, 3.63) is 36.9 Å². The molecule has 7 nitrogen and oxygen atoms in total. The number of nitrogens with two attached hydrogens (primary N) is 1. The van der Waals surface area contributed by atoms with Gasteiger partial charge < -0.3 is 15.0 Å². The van der Waals surface area contributed by atoms with Gasteiger partial charge in [-0.2, -0.15) is 0 Å². The molecule has 1 heterocycles. The van der Waals surface area contributed by atoms with E-state index in [2.05, 4.69) is 9.71 Å². The SMILES string of the molecule is CCOc1ccc(N)cc1S(=O)(=O)NCCn1ccnc1. The van der Waals surface area contributed by atoms with Crippen molar-refractivity contribution in [2.75, 3.05) is 18.9 Å². The molecule has 0 saturated carbocycles. The van der Waals surface area contributed by atoms with Crippen LogP contribution in [0.3, 0.4) is 0 Å². The summed E-state index contributed by atoms with van der Waals surface area (Å²) in [5, 5.41) is 0. The van der Waals surface area contributed by atoms with Crippen LogP contribution in [-0.2, 0) is 16.6 Å². The van der Waals surface area contributed by atoms with E-state index in [0.29, 0.717) is 24.6 Å². The van der Waals surface area contributed by atoms with Gasteiger partial charge in [-0.25, -0.2) is 18.1 Å². The van der Waals surface area contributed by atoms with Crippen molar-refractivity contribution in [3.63, 3.8) is 0 Å². The first-order chi connectivity index (χ1) is 10.0. The highest BCUT2D eigenvalue weighted by atomic mass is 32.2. The molecule has 0 bridgehead atoms. The third kappa shape index (κ3) is 3.96. The molecule has 2 aromatic rings. The van der Waals surface area contributed by atoms with Gasteiger partial charge in [-0.1, -0.05) is 0 Å². The number of anilines is 1. The molecular weight excluding hydrogens is 292 g/mol. The first-order valence-corrected chi connectivity index (χ1v) is 7.99. The molecule has 1 aromatic carbocycles. The van der Waals surface area contributed by atoms with Crippen LogP contribution in [-0.4, -0.2) is 31.1 Å². The number of nitrogens with one attached hydrogen (secondary N) is 1. The lowest BCUT2D eigenvalue weighted by Gasteiger charge is -2.12. The number of imidazole rings is 1. The summed E-state index contributed by atoms with van der Waals surface area (Å²) in [5.74, 6) is 0.293. The normalized spacial score (nSPS) is 11.5. The lowest BCUT2D eigenvalue weighted by atomic mass is 10.3. The molecule has 21 heavy (non-hydrogen) atoms. The average Bonchev–Trinajstić information content (AvgIpc) is 2.94. The van der Waals surface area contributed by atoms with Gasteiger partial charge in [0, 0.05) is 31.2 Å². The van der Waals surface area contributed by atoms with E-state index < -0.39 is 10.0 Å². The quantitative estimate of drug-likeness (QED) is 0.738. The second-order valence-corrected chi connectivity index (χ2v) is 6.07. The van der Waals surface area contributed by atoms with Crippen LogP contribution in [0.25, 0.3) is 0 Å². The van der Waals surface area contributed by atoms with E-state index in [-0.39, 0.29) is 11.4 Å². The van der Waals surface area contributed by atoms with Crippen molar-refractivity contribution >= 4 is 15.7 Å². The Morgan fingerprint density at radius 2 is 2.24 bits per heavy atom. The number of aromatic nitrogens is 2. The van der Waals surface area contributed by atoms with E-state index in [0.717, 1.165) is 0 Å². The average molecular weight is 310 g/mol. The minimum absolute atomic E-state index is 0.0509. The van der Waals surface area contributed by atoms with Gasteiger partial charge in [0.2, 0.25) is 10.0 Å². The molecule has 0 spiro atoms. The molecule has 0 amide bonds. The molecule has 114 valence electrons. The zero-order valence-corrected chi connectivity index (χ0v) is 12.5. The minimum Gasteiger partial charge on any atom is -0.492 e. The van der Waals surface area contributed by atoms with Gasteiger partial charge in [-0.3, -0.25) is 0 Å². The summed E-state index contributed by atoms with van der Waals surface area (Å²) in [5.41, 5.74) is 6.03. The Balaban J connectivity index is 2.12. The highest BCUT2D eigenvalue weighted by Gasteiger charge is 2.19. The Morgan fingerprint density at radius 3 is 2.90 bits per heavy atom. The second kappa shape index (κ2) is 6.59. The molecule has 1 aromatic heterocycles. The Morgan fingerprint density at radius 1 is 1.43 bits per heavy atom. The van der Waals surface area contributed by atoms with Crippen molar-refractivity contribution in [1.29, 1.82) is 0 Å². The monoisotopic (exact) mass is 310 g/mol. The molecule has 0 aliphatic heterocycles. The van der Waals surface area contributed by atoms with Crippen LogP contribution in [0.2, 0.25) is 0 Å². The maximum absolute atomic E-state index is 12.3. The molecule has 0 aliphatic carbocycles. The molecule has 0 fully saturated rings. The Hall–Kier alpha value is -2.06. The summed E-state index contributed by atoms with van der Waals surface area (Å²) in [7, 11) is -3.68. The van der Waals surface area contributed by atoms with Crippen LogP contribution < -0.4 is 15.2 Å². The molecule has 0 aliphatic rings. The number of hydrogen-bond donors (Lipinski definition) is 2. The first kappa shape index (κ1) is 15.3. The van der Waals surface area contributed by atoms with Gasteiger partial charge in [0.25, 0.3) is 0 Å². The number of hydrogen-bond acceptors (Lipinski definition) is 5. The van der Waals surface area contributed by atoms with E-state index in [4.69, 9.17) is 10.5 Å². The topological polar surface area (TPSA) is 99.2 Å². The van der Waals surface area contributed by atoms with Gasteiger partial charge in [0.1, 0.15) is 10.6 Å². The maximum atomic E-state index is 12.3. The van der Waals surface area contributed by atoms with Crippen molar-refractivity contribution in [1.82, 2.24) is 14.3 Å². The van der Waals surface area contributed by atoms with Gasteiger partial charge in [-0.05, 0) is 25.1 Å². The van der Waals surface area contributed by atoms with Crippen LogP contribution >= 0.6 is 0 Å². The summed E-state index contributed by atoms with van der Waals surface area (Å²) in [6.45, 7) is 2.91. The lowest BCUT2D eigenvalue weighted by Crippen LogP contribution is -2.27. The molecular formula is C13H18N4O3S. The van der Waals surface area contributed by atoms with Crippen molar-refractivity contribution < 1.29 is 13.2 Å². The predicted molar refractivity (Wildman–Crippen MR) is 79.4 cm³/mol. The Labute approximate surface area is 123 Å². The summed E-state index contributed by atoms with van der Waals surface area (Å²) < 4.78 is 34.3. The maximum Gasteiger partial charge on any atom is 0.244 e. The van der Waals surface area contributed by atoms with E-state index in [9.17, 15) is 8.42 Å². The number of nitrogens with zero attached hydrogens (tertiary/aromatic N) is 2. The third-order valence-corrected chi connectivity index (χ3v) is 4.26. The summed E-state index contributed by atoms with van der Waals surface area (Å²) in [6, 6.07) is 4.56. The fraction of sp³-hybridized carbons (Fsp3) is 0.308. The van der Waals surface area contributed by atoms with E-state index >= 15 is 0 Å². The number of rotatable bonds is 7. The molecule has 8 heteroatoms. The molecule has 3 N–H and O–H groups in total. The van der Waals surface area contributed by atoms with Gasteiger partial charge >= 0.3 is 0 Å². The zero-order valence-electron chi connectivity index (χ0n) is 11.7. The van der Waals surface area contributed by atoms with Crippen LogP contribution in [0.5, 0.6) is 5.75 Å². The summed E-state index contributed by atoms with van der Waals surface area (Å²) in [6.07, 6.45) is 5.03. The standard InChI is InChI=1S/C13H18N4O3S/c1-2-20-12-4-3-11(14)9-13(12)21(18,19)16-6-8-17-7-5-15-10-17/h3-5,7,9-10,16H,2,6,8,14H2,1H3. The molecule has 0 radical (unpaired) electrons. The van der Waals surface area contributed by atoms with E-state index in [1.807, 2.05) is 0 Å². The largest absolute Gasteiger partial charge is 0.492 e. The number of ether oxygens (including phenoxy) is 1. The molecule has 0 unspecified atom stereocenters. The molecule has 0 saturated heterocycles. The van der Waals surface area contributed by atoms with Crippen LogP contribution in [0.1, 0.15) is 6.92 Å². The summed E-state index contributed by atoms with van der Waals surface area (Å²) >= 11 is 0. The van der Waals surface area contributed by atoms with Gasteiger partial charge in [-0.15, -0.1) is 0 Å². The third-order valence-electron chi connectivity index (χ3n) is 2.78. The van der Waals surface area contributed by atoms with Gasteiger partial charge in [0.15, 0.2) is 0 Å². The highest BCUT2D eigenvalue weighted by molar-refractivity contribution is 7.89. The van der Waals surface area contributed by atoms with E-state index in [1.54, 1.807) is 42.3 Å². The van der Waals surface area contributed by atoms with Crippen molar-refractivity contribution in [2.24, 2.45) is 0 Å². The number of nitrogen functional groups attached to an aromatic ring is 1. The Kier molecular flexibility index (Phi) is 4.81. The fourth-order valence-corrected chi connectivity index (χ4v) is 3.01. The first-order valence-electron chi connectivity index (χ1n) is 6.50. The Bertz CT molecular complexity index is 683. The summed E-state index contributed by atoms with van der Waals surface area (Å²) in [4.78, 5) is 3.95. The second-order valence-electron chi connectivity index (χ2n) is 4.34. The molecule has 2 rings (SSSR count). The smallest absolute Gasteiger partial charge is 0.244 e. The molecule has 0 atom stereocenters. The fourth-order valence-electron chi connectivity index (χ4n) is 1.82. The van der Waals surface area contributed by atoms with Crippen LogP contribution in [0.4, 0.5) is 5.69 Å². The lowest BCUT2D eigenvalue weighted by molar-refractivity contribution is 0.331. The van der Waals surface area contributed by atoms with Crippen LogP contribution in [0, 0.1) is 0 Å². The number of sulfonamides is 1. The highest BCUT2D eigenvalue weighted by Crippen LogP contribution is 2.26. The number of benzene rings is 1. The van der Waals surface area contributed by atoms with Crippen molar-refractivity contribution in [2.45, 2.75) is 18.4 Å². The van der Waals surface area contributed by atoms with E-state index in [1.165, 1.54) is 6.07 Å². The predicted octanol–water partition coefficient (Wildman–Crippen LogP) is 0.842. The zero-order chi connectivity index (χ0) is 15.3. The van der Waals surface area contributed by atoms with Crippen molar-refractivity contribution in [3.8, 4) is 5.75 Å². The minimum atomic E-state index is -3.68. The van der Waals surface area contributed by atoms with Gasteiger partial charge in [0.05, 0.1) is 12.9 Å².